The van der Waals surface area contributed by atoms with Crippen molar-refractivity contribution in [3.05, 3.63) is 65.7 Å². The van der Waals surface area contributed by atoms with E-state index in [-0.39, 0.29) is 30.6 Å². The van der Waals surface area contributed by atoms with Crippen molar-refractivity contribution in [3.8, 4) is 5.75 Å². The maximum atomic E-state index is 12.8. The molecule has 7 heteroatoms. The minimum Gasteiger partial charge on any atom is -0.497 e. The van der Waals surface area contributed by atoms with Crippen LogP contribution in [-0.4, -0.2) is 55.8 Å². The van der Waals surface area contributed by atoms with Crippen molar-refractivity contribution in [1.82, 2.24) is 4.90 Å². The molecule has 0 aromatic heterocycles. The van der Waals surface area contributed by atoms with Crippen molar-refractivity contribution in [2.75, 3.05) is 20.3 Å². The molecule has 5 atom stereocenters. The van der Waals surface area contributed by atoms with Crippen molar-refractivity contribution in [1.29, 1.82) is 0 Å². The second-order valence-electron chi connectivity index (χ2n) is 8.45. The average molecular weight is 440 g/mol. The molecule has 1 amide bonds. The topological polar surface area (TPSA) is 66.5 Å². The van der Waals surface area contributed by atoms with Gasteiger partial charge in [0, 0.05) is 6.61 Å². The fourth-order valence-corrected chi connectivity index (χ4v) is 4.74. The van der Waals surface area contributed by atoms with Crippen LogP contribution in [0.2, 0.25) is 0 Å². The molecule has 3 saturated heterocycles. The Morgan fingerprint density at radius 3 is 2.59 bits per heavy atom. The molecule has 1 unspecified atom stereocenters. The predicted molar refractivity (Wildman–Crippen MR) is 116 cm³/mol. The van der Waals surface area contributed by atoms with Crippen LogP contribution in [0, 0.1) is 0 Å². The molecule has 0 radical (unpaired) electrons. The van der Waals surface area contributed by atoms with Gasteiger partial charge in [0.1, 0.15) is 24.0 Å². The molecule has 2 aromatic carbocycles. The van der Waals surface area contributed by atoms with Crippen LogP contribution in [0.5, 0.6) is 5.75 Å². The van der Waals surface area contributed by atoms with E-state index in [9.17, 15) is 4.79 Å². The summed E-state index contributed by atoms with van der Waals surface area (Å²) < 4.78 is 29.7. The number of carbonyl (C=O) groups is 1. The van der Waals surface area contributed by atoms with Crippen molar-refractivity contribution in [3.63, 3.8) is 0 Å². The van der Waals surface area contributed by atoms with Gasteiger partial charge in [0.2, 0.25) is 0 Å². The zero-order valence-electron chi connectivity index (χ0n) is 18.2. The number of rotatable bonds is 7. The van der Waals surface area contributed by atoms with E-state index < -0.39 is 6.10 Å². The molecule has 0 saturated carbocycles. The number of hydrogen-bond acceptors (Lipinski definition) is 6. The van der Waals surface area contributed by atoms with Crippen LogP contribution in [0.15, 0.2) is 54.6 Å². The van der Waals surface area contributed by atoms with E-state index in [4.69, 9.17) is 23.7 Å². The summed E-state index contributed by atoms with van der Waals surface area (Å²) in [5.41, 5.74) is 2.00. The van der Waals surface area contributed by atoms with Crippen LogP contribution in [-0.2, 0) is 25.6 Å². The lowest BCUT2D eigenvalue weighted by Crippen LogP contribution is -2.42. The predicted octanol–water partition coefficient (Wildman–Crippen LogP) is 4.07. The van der Waals surface area contributed by atoms with Gasteiger partial charge in [-0.3, -0.25) is 4.90 Å². The number of fused-ring (bicyclic) bond motifs is 1. The van der Waals surface area contributed by atoms with Crippen molar-refractivity contribution in [2.45, 2.75) is 56.5 Å². The Bertz CT molecular complexity index is 898. The molecule has 0 aliphatic carbocycles. The van der Waals surface area contributed by atoms with E-state index in [0.717, 1.165) is 36.1 Å². The molecule has 170 valence electrons. The number of amides is 1. The van der Waals surface area contributed by atoms with Gasteiger partial charge < -0.3 is 23.7 Å². The van der Waals surface area contributed by atoms with E-state index in [2.05, 4.69) is 0 Å². The normalized spacial score (nSPS) is 29.6. The second kappa shape index (κ2) is 9.48. The van der Waals surface area contributed by atoms with Crippen LogP contribution in [0.3, 0.4) is 0 Å². The molecule has 2 aromatic rings. The van der Waals surface area contributed by atoms with E-state index >= 15 is 0 Å². The van der Waals surface area contributed by atoms with E-state index in [1.165, 1.54) is 0 Å². The lowest BCUT2D eigenvalue weighted by molar-refractivity contribution is -0.213. The summed E-state index contributed by atoms with van der Waals surface area (Å²) in [6.07, 6.45) is 1.29. The Balaban J connectivity index is 1.38. The number of carbonyl (C=O) groups excluding carboxylic acids is 1. The summed E-state index contributed by atoms with van der Waals surface area (Å²) in [5.74, 6) is 0.758. The summed E-state index contributed by atoms with van der Waals surface area (Å²) in [6, 6.07) is 17.4. The second-order valence-corrected chi connectivity index (χ2v) is 8.45. The Morgan fingerprint density at radius 1 is 1.06 bits per heavy atom. The highest BCUT2D eigenvalue weighted by molar-refractivity contribution is 5.72. The molecule has 5 rings (SSSR count). The molecular formula is C25H29NO6. The minimum atomic E-state index is -0.438. The molecule has 0 N–H and O–H groups in total. The number of methoxy groups -OCH3 is 1. The lowest BCUT2D eigenvalue weighted by atomic mass is 9.98. The van der Waals surface area contributed by atoms with Gasteiger partial charge in [0.25, 0.3) is 0 Å². The molecule has 3 heterocycles. The Morgan fingerprint density at radius 2 is 1.88 bits per heavy atom. The number of hydrogen-bond donors (Lipinski definition) is 0. The molecule has 3 fully saturated rings. The van der Waals surface area contributed by atoms with Crippen LogP contribution in [0.4, 0.5) is 4.79 Å². The van der Waals surface area contributed by atoms with Gasteiger partial charge in [-0.2, -0.15) is 0 Å². The highest BCUT2D eigenvalue weighted by atomic mass is 16.7. The first-order valence-corrected chi connectivity index (χ1v) is 11.3. The van der Waals surface area contributed by atoms with Gasteiger partial charge in [0.05, 0.1) is 20.3 Å². The summed E-state index contributed by atoms with van der Waals surface area (Å²) in [6.45, 7) is 1.58. The Hall–Kier alpha value is -2.61. The van der Waals surface area contributed by atoms with Gasteiger partial charge in [0.15, 0.2) is 12.4 Å². The molecule has 3 aliphatic heterocycles. The largest absolute Gasteiger partial charge is 0.497 e. The van der Waals surface area contributed by atoms with E-state index in [1.807, 2.05) is 54.6 Å². The zero-order valence-corrected chi connectivity index (χ0v) is 18.2. The zero-order chi connectivity index (χ0) is 21.9. The number of cyclic esters (lactones) is 1. The Labute approximate surface area is 188 Å². The third-order valence-corrected chi connectivity index (χ3v) is 6.41. The monoisotopic (exact) mass is 439 g/mol. The molecule has 7 nitrogen and oxygen atoms in total. The van der Waals surface area contributed by atoms with E-state index in [0.29, 0.717) is 19.8 Å². The van der Waals surface area contributed by atoms with Crippen LogP contribution in [0.25, 0.3) is 0 Å². The SMILES string of the molecule is COc1ccc([C@@H]2OC(=O)N3C[C@H](OCc4ccccc4)[C@@H](OC4CCCCO4)[C@@H]23)cc1. The van der Waals surface area contributed by atoms with Gasteiger partial charge in [-0.05, 0) is 42.5 Å². The van der Waals surface area contributed by atoms with Crippen molar-refractivity contribution >= 4 is 6.09 Å². The highest BCUT2D eigenvalue weighted by Crippen LogP contribution is 2.42. The molecule has 32 heavy (non-hydrogen) atoms. The minimum absolute atomic E-state index is 0.265. The molecule has 3 aliphatic rings. The highest BCUT2D eigenvalue weighted by Gasteiger charge is 2.56. The molecule has 0 spiro atoms. The fourth-order valence-electron chi connectivity index (χ4n) is 4.74. The lowest BCUT2D eigenvalue weighted by Gasteiger charge is -2.32. The number of ether oxygens (including phenoxy) is 5. The third kappa shape index (κ3) is 4.33. The first-order chi connectivity index (χ1) is 15.7. The maximum absolute atomic E-state index is 12.8. The fraction of sp³-hybridized carbons (Fsp3) is 0.480. The van der Waals surface area contributed by atoms with Gasteiger partial charge in [-0.1, -0.05) is 42.5 Å². The van der Waals surface area contributed by atoms with Crippen LogP contribution < -0.4 is 4.74 Å². The van der Waals surface area contributed by atoms with Gasteiger partial charge in [-0.25, -0.2) is 4.79 Å². The Kier molecular flexibility index (Phi) is 6.30. The molecular weight excluding hydrogens is 410 g/mol. The van der Waals surface area contributed by atoms with Gasteiger partial charge >= 0.3 is 6.09 Å². The van der Waals surface area contributed by atoms with Crippen molar-refractivity contribution < 1.29 is 28.5 Å². The van der Waals surface area contributed by atoms with Gasteiger partial charge in [-0.15, -0.1) is 0 Å². The quantitative estimate of drug-likeness (QED) is 0.648. The first-order valence-electron chi connectivity index (χ1n) is 11.3. The standard InChI is InChI=1S/C25H29NO6/c1-28-19-12-10-18(11-13-19)23-22-24(31-21-9-5-6-14-29-21)20(15-26(22)25(27)32-23)30-16-17-7-3-2-4-8-17/h2-4,7-8,10-13,20-24H,5-6,9,14-16H2,1H3/t20-,21?,22+,23-,24+/m0/s1. The summed E-state index contributed by atoms with van der Waals surface area (Å²) in [7, 11) is 1.63. The number of nitrogens with zero attached hydrogens (tertiary/aromatic N) is 1. The smallest absolute Gasteiger partial charge is 0.411 e. The molecule has 0 bridgehead atoms. The summed E-state index contributed by atoms with van der Waals surface area (Å²) in [4.78, 5) is 14.5. The maximum Gasteiger partial charge on any atom is 0.411 e. The average Bonchev–Trinajstić information content (AvgIpc) is 3.36. The number of benzene rings is 2. The van der Waals surface area contributed by atoms with Crippen LogP contribution >= 0.6 is 0 Å². The third-order valence-electron chi connectivity index (χ3n) is 6.41. The first kappa shape index (κ1) is 21.2. The van der Waals surface area contributed by atoms with Crippen LogP contribution in [0.1, 0.15) is 36.5 Å². The summed E-state index contributed by atoms with van der Waals surface area (Å²) >= 11 is 0. The van der Waals surface area contributed by atoms with Crippen molar-refractivity contribution in [2.24, 2.45) is 0 Å². The van der Waals surface area contributed by atoms with E-state index in [1.54, 1.807) is 12.0 Å². The summed E-state index contributed by atoms with van der Waals surface area (Å²) in [5, 5.41) is 0.